The number of likely N-dealkylation sites (N-methyl/N-ethyl adjacent to an activating group) is 1. The molecule has 19 heavy (non-hydrogen) atoms. The first kappa shape index (κ1) is 14.2. The number of anilines is 2. The van der Waals surface area contributed by atoms with Crippen LogP contribution >= 0.6 is 0 Å². The molecule has 0 saturated carbocycles. The maximum Gasteiger partial charge on any atom is 0.0406 e. The van der Waals surface area contributed by atoms with Crippen LogP contribution in [-0.2, 0) is 6.54 Å². The zero-order valence-electron chi connectivity index (χ0n) is 12.2. The summed E-state index contributed by atoms with van der Waals surface area (Å²) in [6.45, 7) is 12.1. The van der Waals surface area contributed by atoms with Crippen LogP contribution in [0.4, 0.5) is 11.4 Å². The van der Waals surface area contributed by atoms with E-state index in [1.54, 1.807) is 0 Å². The number of benzene rings is 1. The quantitative estimate of drug-likeness (QED) is 0.795. The van der Waals surface area contributed by atoms with Crippen molar-refractivity contribution in [1.29, 1.82) is 0 Å². The second kappa shape index (κ2) is 6.78. The lowest BCUT2D eigenvalue weighted by atomic mass is 10.1. The largest absolute Gasteiger partial charge is 0.399 e. The maximum absolute atomic E-state index is 5.87. The zero-order valence-corrected chi connectivity index (χ0v) is 12.2. The Morgan fingerprint density at radius 2 is 1.79 bits per heavy atom. The van der Waals surface area contributed by atoms with Gasteiger partial charge >= 0.3 is 0 Å². The summed E-state index contributed by atoms with van der Waals surface area (Å²) in [6.07, 6.45) is 0. The Morgan fingerprint density at radius 3 is 2.42 bits per heavy atom. The van der Waals surface area contributed by atoms with Crippen LogP contribution in [0.25, 0.3) is 0 Å². The van der Waals surface area contributed by atoms with Crippen molar-refractivity contribution in [3.05, 3.63) is 23.8 Å². The molecule has 1 aliphatic heterocycles. The van der Waals surface area contributed by atoms with Crippen molar-refractivity contribution >= 4 is 11.4 Å². The number of hydrogen-bond acceptors (Lipinski definition) is 4. The summed E-state index contributed by atoms with van der Waals surface area (Å²) in [7, 11) is 0. The van der Waals surface area contributed by atoms with E-state index in [0.29, 0.717) is 0 Å². The minimum absolute atomic E-state index is 0.829. The first-order valence-corrected chi connectivity index (χ1v) is 7.30. The van der Waals surface area contributed by atoms with Gasteiger partial charge in [0.05, 0.1) is 0 Å². The number of nitrogen functional groups attached to an aromatic ring is 1. The van der Waals surface area contributed by atoms with E-state index in [0.717, 1.165) is 31.9 Å². The highest BCUT2D eigenvalue weighted by atomic mass is 15.3. The minimum Gasteiger partial charge on any atom is -0.399 e. The van der Waals surface area contributed by atoms with Crippen LogP contribution in [0.3, 0.4) is 0 Å². The number of nitrogens with one attached hydrogen (secondary N) is 1. The maximum atomic E-state index is 5.87. The lowest BCUT2D eigenvalue weighted by Gasteiger charge is -2.34. The van der Waals surface area contributed by atoms with E-state index in [1.165, 1.54) is 30.9 Å². The second-order valence-corrected chi connectivity index (χ2v) is 5.16. The topological polar surface area (TPSA) is 44.5 Å². The molecule has 4 heteroatoms. The number of hydrogen-bond donors (Lipinski definition) is 2. The van der Waals surface area contributed by atoms with Crippen molar-refractivity contribution in [1.82, 2.24) is 9.80 Å². The van der Waals surface area contributed by atoms with E-state index in [1.807, 2.05) is 12.1 Å². The van der Waals surface area contributed by atoms with Crippen LogP contribution in [-0.4, -0.2) is 49.1 Å². The Kier molecular flexibility index (Phi) is 5.05. The van der Waals surface area contributed by atoms with E-state index in [2.05, 4.69) is 35.0 Å². The van der Waals surface area contributed by atoms with E-state index < -0.39 is 0 Å². The van der Waals surface area contributed by atoms with Gasteiger partial charge in [0.25, 0.3) is 0 Å². The summed E-state index contributed by atoms with van der Waals surface area (Å²) in [4.78, 5) is 5.03. The van der Waals surface area contributed by atoms with Gasteiger partial charge in [-0.15, -0.1) is 0 Å². The molecule has 1 saturated heterocycles. The Hall–Kier alpha value is -1.26. The van der Waals surface area contributed by atoms with Crippen LogP contribution < -0.4 is 11.1 Å². The average molecular weight is 262 g/mol. The SMILES string of the molecule is CCNc1cc(N)ccc1CN1CCN(CC)CC1. The van der Waals surface area contributed by atoms with Crippen LogP contribution in [0.5, 0.6) is 0 Å². The summed E-state index contributed by atoms with van der Waals surface area (Å²) in [5, 5.41) is 3.41. The van der Waals surface area contributed by atoms with Gasteiger partial charge < -0.3 is 16.0 Å². The van der Waals surface area contributed by atoms with E-state index in [-0.39, 0.29) is 0 Å². The Bertz CT molecular complexity index is 397. The van der Waals surface area contributed by atoms with Crippen molar-refractivity contribution < 1.29 is 0 Å². The van der Waals surface area contributed by atoms with E-state index in [9.17, 15) is 0 Å². The molecule has 1 aliphatic rings. The normalized spacial score (nSPS) is 17.6. The molecule has 0 spiro atoms. The molecule has 3 N–H and O–H groups in total. The fraction of sp³-hybridized carbons (Fsp3) is 0.600. The highest BCUT2D eigenvalue weighted by molar-refractivity contribution is 5.59. The summed E-state index contributed by atoms with van der Waals surface area (Å²) >= 11 is 0. The molecule has 0 atom stereocenters. The molecule has 1 fully saturated rings. The third-order valence-corrected chi connectivity index (χ3v) is 3.81. The smallest absolute Gasteiger partial charge is 0.0406 e. The van der Waals surface area contributed by atoms with Gasteiger partial charge in [0.15, 0.2) is 0 Å². The van der Waals surface area contributed by atoms with Gasteiger partial charge in [0.2, 0.25) is 0 Å². The molecule has 0 bridgehead atoms. The summed E-state index contributed by atoms with van der Waals surface area (Å²) in [5.41, 5.74) is 9.23. The molecule has 1 aromatic carbocycles. The lowest BCUT2D eigenvalue weighted by Crippen LogP contribution is -2.45. The van der Waals surface area contributed by atoms with Crippen LogP contribution in [0.1, 0.15) is 19.4 Å². The van der Waals surface area contributed by atoms with Gasteiger partial charge in [0, 0.05) is 50.6 Å². The monoisotopic (exact) mass is 262 g/mol. The molecular formula is C15H26N4. The van der Waals surface area contributed by atoms with Gasteiger partial charge in [0.1, 0.15) is 0 Å². The van der Waals surface area contributed by atoms with Crippen LogP contribution in [0, 0.1) is 0 Å². The fourth-order valence-electron chi connectivity index (χ4n) is 2.59. The summed E-state index contributed by atoms with van der Waals surface area (Å²) < 4.78 is 0. The lowest BCUT2D eigenvalue weighted by molar-refractivity contribution is 0.132. The molecule has 0 amide bonds. The van der Waals surface area contributed by atoms with Crippen molar-refractivity contribution in [2.75, 3.05) is 50.3 Å². The highest BCUT2D eigenvalue weighted by Crippen LogP contribution is 2.21. The predicted molar refractivity (Wildman–Crippen MR) is 82.4 cm³/mol. The molecule has 2 rings (SSSR count). The van der Waals surface area contributed by atoms with Gasteiger partial charge in [-0.05, 0) is 31.2 Å². The number of rotatable bonds is 5. The van der Waals surface area contributed by atoms with Gasteiger partial charge in [-0.3, -0.25) is 4.90 Å². The first-order valence-electron chi connectivity index (χ1n) is 7.30. The molecule has 4 nitrogen and oxygen atoms in total. The standard InChI is InChI=1S/C15H26N4/c1-3-17-15-11-14(16)6-5-13(15)12-19-9-7-18(4-2)8-10-19/h5-6,11,17H,3-4,7-10,12,16H2,1-2H3. The first-order chi connectivity index (χ1) is 9.22. The number of piperazine rings is 1. The average Bonchev–Trinajstić information content (AvgIpc) is 2.43. The Labute approximate surface area is 116 Å². The van der Waals surface area contributed by atoms with Crippen molar-refractivity contribution in [3.8, 4) is 0 Å². The molecule has 1 aromatic rings. The minimum atomic E-state index is 0.829. The summed E-state index contributed by atoms with van der Waals surface area (Å²) in [6, 6.07) is 6.19. The second-order valence-electron chi connectivity index (χ2n) is 5.16. The number of nitrogens with two attached hydrogens (primary N) is 1. The van der Waals surface area contributed by atoms with Gasteiger partial charge in [-0.1, -0.05) is 13.0 Å². The van der Waals surface area contributed by atoms with Crippen molar-refractivity contribution in [2.45, 2.75) is 20.4 Å². The number of nitrogens with zero attached hydrogens (tertiary/aromatic N) is 2. The van der Waals surface area contributed by atoms with Gasteiger partial charge in [-0.2, -0.15) is 0 Å². The van der Waals surface area contributed by atoms with Crippen LogP contribution in [0.2, 0.25) is 0 Å². The van der Waals surface area contributed by atoms with Gasteiger partial charge in [-0.25, -0.2) is 0 Å². The van der Waals surface area contributed by atoms with Crippen molar-refractivity contribution in [2.24, 2.45) is 0 Å². The molecule has 0 aliphatic carbocycles. The highest BCUT2D eigenvalue weighted by Gasteiger charge is 2.16. The fourth-order valence-corrected chi connectivity index (χ4v) is 2.59. The molecule has 0 radical (unpaired) electrons. The van der Waals surface area contributed by atoms with E-state index >= 15 is 0 Å². The predicted octanol–water partition coefficient (Wildman–Crippen LogP) is 1.84. The molecule has 106 valence electrons. The van der Waals surface area contributed by atoms with E-state index in [4.69, 9.17) is 5.73 Å². The van der Waals surface area contributed by atoms with Crippen molar-refractivity contribution in [3.63, 3.8) is 0 Å². The molecule has 1 heterocycles. The third kappa shape index (κ3) is 3.85. The Balaban J connectivity index is 1.99. The third-order valence-electron chi connectivity index (χ3n) is 3.81. The zero-order chi connectivity index (χ0) is 13.7. The molecular weight excluding hydrogens is 236 g/mol. The molecule has 0 aromatic heterocycles. The summed E-state index contributed by atoms with van der Waals surface area (Å²) in [5.74, 6) is 0. The molecule has 0 unspecified atom stereocenters. The Morgan fingerprint density at radius 1 is 1.11 bits per heavy atom. The van der Waals surface area contributed by atoms with Crippen LogP contribution in [0.15, 0.2) is 18.2 Å².